The van der Waals surface area contributed by atoms with E-state index in [1.54, 1.807) is 9.80 Å². The number of rotatable bonds is 32. The molecule has 0 radical (unpaired) electrons. The van der Waals surface area contributed by atoms with Crippen LogP contribution in [0.4, 0.5) is 21.9 Å². The summed E-state index contributed by atoms with van der Waals surface area (Å²) in [6, 6.07) is 25.2. The third kappa shape index (κ3) is 19.4. The number of anilines is 1. The van der Waals surface area contributed by atoms with Crippen LogP contribution in [0.3, 0.4) is 0 Å². The first kappa shape index (κ1) is 70.8. The van der Waals surface area contributed by atoms with E-state index in [0.29, 0.717) is 68.8 Å². The van der Waals surface area contributed by atoms with Crippen LogP contribution in [0.15, 0.2) is 101 Å². The van der Waals surface area contributed by atoms with Gasteiger partial charge in [0.2, 0.25) is 29.0 Å². The summed E-state index contributed by atoms with van der Waals surface area (Å²) >= 11 is 0. The molecule has 0 spiro atoms. The Hall–Kier alpha value is -9.70. The van der Waals surface area contributed by atoms with E-state index >= 15 is 0 Å². The van der Waals surface area contributed by atoms with Gasteiger partial charge in [0.1, 0.15) is 48.9 Å². The molecule has 2 atom stereocenters. The summed E-state index contributed by atoms with van der Waals surface area (Å²) in [5.41, 5.74) is 4.01. The van der Waals surface area contributed by atoms with Crippen LogP contribution in [0.2, 0.25) is 0 Å². The minimum Gasteiger partial charge on any atom is -0.748 e. The average molecular weight is 1310 g/mol. The number of non-ortho nitro benzene ring substituents is 1. The molecule has 498 valence electrons. The number of amides is 5. The number of unbranched alkanes of at least 4 members (excludes halogenated alkanes) is 3. The maximum Gasteiger partial charge on any atom is 0.514 e. The first-order valence-electron chi connectivity index (χ1n) is 31.0. The molecule has 2 aliphatic heterocycles. The van der Waals surface area contributed by atoms with Gasteiger partial charge in [0.05, 0.1) is 57.1 Å². The zero-order chi connectivity index (χ0) is 67.4. The van der Waals surface area contributed by atoms with Crippen LogP contribution in [0.1, 0.15) is 108 Å². The molecule has 5 amide bonds. The van der Waals surface area contributed by atoms with Gasteiger partial charge in [0, 0.05) is 117 Å². The topological polar surface area (TPSA) is 345 Å². The molecule has 1 aliphatic carbocycles. The number of hydrogen-bond acceptors (Lipinski definition) is 19. The minimum atomic E-state index is -4.96. The van der Waals surface area contributed by atoms with Crippen molar-refractivity contribution in [1.29, 1.82) is 0 Å². The van der Waals surface area contributed by atoms with Crippen LogP contribution in [0, 0.1) is 20.2 Å². The Kier molecular flexibility index (Phi) is 25.5. The predicted molar refractivity (Wildman–Crippen MR) is 344 cm³/mol. The smallest absolute Gasteiger partial charge is 0.514 e. The van der Waals surface area contributed by atoms with E-state index < -0.39 is 61.5 Å². The lowest BCUT2D eigenvalue weighted by Gasteiger charge is -2.35. The molecule has 4 aromatic carbocycles. The summed E-state index contributed by atoms with van der Waals surface area (Å²) in [7, 11) is -3.67. The zero-order valence-electron chi connectivity index (χ0n) is 53.0. The third-order valence-corrected chi connectivity index (χ3v) is 16.6. The highest BCUT2D eigenvalue weighted by Crippen LogP contribution is 2.43. The van der Waals surface area contributed by atoms with E-state index in [1.807, 2.05) is 24.3 Å². The van der Waals surface area contributed by atoms with Crippen molar-refractivity contribution in [1.82, 2.24) is 30.3 Å². The van der Waals surface area contributed by atoms with Crippen LogP contribution in [-0.4, -0.2) is 159 Å². The standard InChI is InChI=1S/C65H79N9O18S/c1-7-69(8-2)45-25-29-50-55(38-45)92-56-39-46(70(9-3)10-4)26-30-51(56)62(50)48-18-13-14-19-49(48)64(79)72-35-33-71(34-36-72)61(77)22-16-15-21-60(76)68-53(42-93(85,86)87)63(78)67-31-17-11-12-20-59(75)66-32-37-89-58-41-54(74(83)84)52(40-57(58)88-6)43(5)90-65(80)91-47-27-23-44(24-28-47)73(81)82/h13-14,18-19,23-30,38-41,43,53H,7-12,15-17,20-22,31-37,42H2,1-6H3,(H3-,66,67,68,75,76,78,85,86,87). The molecule has 0 bridgehead atoms. The Bertz CT molecular complexity index is 3820. The third-order valence-electron chi connectivity index (χ3n) is 15.9. The monoisotopic (exact) mass is 1310 g/mol. The quantitative estimate of drug-likeness (QED) is 0.00532. The van der Waals surface area contributed by atoms with Gasteiger partial charge in [-0.05, 0) is 108 Å². The summed E-state index contributed by atoms with van der Waals surface area (Å²) in [4.78, 5) is 106. The van der Waals surface area contributed by atoms with Gasteiger partial charge < -0.3 is 58.6 Å². The van der Waals surface area contributed by atoms with Gasteiger partial charge in [-0.2, -0.15) is 0 Å². The molecule has 1 saturated heterocycles. The maximum absolute atomic E-state index is 14.6. The predicted octanol–water partition coefficient (Wildman–Crippen LogP) is 7.71. The summed E-state index contributed by atoms with van der Waals surface area (Å²) in [5.74, 6) is -2.78. The number of benzene rings is 5. The van der Waals surface area contributed by atoms with Crippen molar-refractivity contribution in [2.75, 3.05) is 89.8 Å². The van der Waals surface area contributed by atoms with E-state index in [1.165, 1.54) is 32.2 Å². The number of hydrogen-bond donors (Lipinski definition) is 3. The van der Waals surface area contributed by atoms with Crippen molar-refractivity contribution in [3.05, 3.63) is 134 Å². The molecule has 0 aromatic heterocycles. The van der Waals surface area contributed by atoms with Crippen LogP contribution < -0.4 is 45.0 Å². The van der Waals surface area contributed by atoms with Crippen LogP contribution in [-0.2, 0) is 34.0 Å². The van der Waals surface area contributed by atoms with Crippen molar-refractivity contribution in [2.24, 2.45) is 0 Å². The molecule has 28 heteroatoms. The molecule has 1 fully saturated rings. The van der Waals surface area contributed by atoms with E-state index in [0.717, 1.165) is 77.5 Å². The number of piperazine rings is 1. The second kappa shape index (κ2) is 33.6. The molecule has 3 aliphatic rings. The van der Waals surface area contributed by atoms with Crippen molar-refractivity contribution in [3.8, 4) is 39.7 Å². The molecular formula is C65H79N9O18S. The summed E-state index contributed by atoms with van der Waals surface area (Å²) in [5, 5.41) is 32.4. The van der Waals surface area contributed by atoms with Crippen LogP contribution in [0.25, 0.3) is 33.4 Å². The first-order valence-corrected chi connectivity index (χ1v) is 32.5. The van der Waals surface area contributed by atoms with Crippen molar-refractivity contribution in [3.63, 3.8) is 0 Å². The fourth-order valence-electron chi connectivity index (χ4n) is 11.0. The molecule has 7 rings (SSSR count). The fraction of sp³-hybridized carbons (Fsp3) is 0.431. The lowest BCUT2D eigenvalue weighted by atomic mass is 9.90. The Balaban J connectivity index is 0.814. The fourth-order valence-corrected chi connectivity index (χ4v) is 11.6. The van der Waals surface area contributed by atoms with Crippen molar-refractivity contribution >= 4 is 73.8 Å². The molecular weight excluding hydrogens is 1230 g/mol. The summed E-state index contributed by atoms with van der Waals surface area (Å²) in [6.07, 6.45) is -0.719. The van der Waals surface area contributed by atoms with Crippen molar-refractivity contribution in [2.45, 2.75) is 98.1 Å². The number of ether oxygens (including phenoxy) is 4. The van der Waals surface area contributed by atoms with Gasteiger partial charge in [-0.1, -0.05) is 24.6 Å². The van der Waals surface area contributed by atoms with Crippen molar-refractivity contribution < 1.29 is 74.9 Å². The number of carbonyl (C=O) groups excluding carboxylic acids is 6. The highest BCUT2D eigenvalue weighted by molar-refractivity contribution is 7.85. The summed E-state index contributed by atoms with van der Waals surface area (Å²) in [6.45, 7) is 14.2. The number of nitro groups is 2. The molecule has 93 heavy (non-hydrogen) atoms. The Labute approximate surface area is 538 Å². The number of nitrogens with zero attached hydrogens (tertiary/aromatic N) is 6. The van der Waals surface area contributed by atoms with Gasteiger partial charge in [0.15, 0.2) is 11.5 Å². The van der Waals surface area contributed by atoms with E-state index in [4.69, 9.17) is 23.4 Å². The number of fused-ring (bicyclic) bond motifs is 2. The number of nitro benzene ring substituents is 2. The molecule has 2 unspecified atom stereocenters. The van der Waals surface area contributed by atoms with Gasteiger partial charge >= 0.3 is 6.16 Å². The Morgan fingerprint density at radius 1 is 0.720 bits per heavy atom. The number of carbonyl (C=O) groups is 6. The van der Waals surface area contributed by atoms with E-state index in [9.17, 15) is 62.0 Å². The molecule has 27 nitrogen and oxygen atoms in total. The first-order chi connectivity index (χ1) is 44.6. The average Bonchev–Trinajstić information content (AvgIpc) is 0.755. The highest BCUT2D eigenvalue weighted by Gasteiger charge is 2.31. The number of nitrogens with one attached hydrogen (secondary N) is 3. The van der Waals surface area contributed by atoms with Gasteiger partial charge in [-0.25, -0.2) is 17.8 Å². The van der Waals surface area contributed by atoms with E-state index in [-0.39, 0.29) is 91.6 Å². The van der Waals surface area contributed by atoms with E-state index in [2.05, 4.69) is 89.5 Å². The lowest BCUT2D eigenvalue weighted by molar-refractivity contribution is -0.386. The van der Waals surface area contributed by atoms with Gasteiger partial charge in [-0.15, -0.1) is 0 Å². The van der Waals surface area contributed by atoms with Crippen LogP contribution >= 0.6 is 0 Å². The largest absolute Gasteiger partial charge is 0.748 e. The second-order valence-corrected chi connectivity index (χ2v) is 23.4. The lowest BCUT2D eigenvalue weighted by Crippen LogP contribution is -2.50. The maximum atomic E-state index is 14.6. The minimum absolute atomic E-state index is 0.00295. The molecule has 2 heterocycles. The zero-order valence-corrected chi connectivity index (χ0v) is 53.8. The van der Waals surface area contributed by atoms with Crippen LogP contribution in [0.5, 0.6) is 17.2 Å². The Morgan fingerprint density at radius 2 is 1.40 bits per heavy atom. The van der Waals surface area contributed by atoms with Gasteiger partial charge in [-0.3, -0.25) is 44.2 Å². The highest BCUT2D eigenvalue weighted by atomic mass is 32.2. The number of methoxy groups -OCH3 is 1. The molecule has 4 aromatic rings. The van der Waals surface area contributed by atoms with Gasteiger partial charge in [0.25, 0.3) is 17.3 Å². The normalized spacial score (nSPS) is 12.9. The second-order valence-electron chi connectivity index (χ2n) is 21.9. The summed E-state index contributed by atoms with van der Waals surface area (Å²) < 4.78 is 65.5. The molecule has 3 N–H and O–H groups in total. The Morgan fingerprint density at radius 3 is 2.06 bits per heavy atom. The SMILES string of the molecule is CCN(CC)c1ccc2c(-c3ccccc3C(=O)N3CCN(C(=O)CCCCC(=O)NC(CS(=O)(=O)[O-])C(=O)NCCCCCC(=O)NCCOc4cc([N+](=O)[O-])c(C(C)OC(=O)Oc5ccc([N+](=O)[O-])cc5)cc4OC)CC3)c3ccc(=[N+](CC)CC)cc-3oc2c1. The molecule has 0 saturated carbocycles.